The van der Waals surface area contributed by atoms with E-state index in [-0.39, 0.29) is 4.77 Å². The van der Waals surface area contributed by atoms with Gasteiger partial charge in [0.05, 0.1) is 13.3 Å². The topological polar surface area (TPSA) is 81.5 Å². The van der Waals surface area contributed by atoms with Gasteiger partial charge in [-0.2, -0.15) is 14.9 Å². The van der Waals surface area contributed by atoms with Crippen molar-refractivity contribution < 1.29 is 9.47 Å². The van der Waals surface area contributed by atoms with E-state index in [1.165, 1.54) is 6.21 Å². The van der Waals surface area contributed by atoms with Crippen LogP contribution < -0.4 is 15.0 Å². The Kier molecular flexibility index (Phi) is 6.00. The van der Waals surface area contributed by atoms with E-state index in [1.54, 1.807) is 31.4 Å². The number of hydrogen-bond acceptors (Lipinski definition) is 6. The lowest BCUT2D eigenvalue weighted by atomic mass is 10.2. The van der Waals surface area contributed by atoms with Crippen LogP contribution in [0, 0.1) is 4.77 Å². The lowest BCUT2D eigenvalue weighted by Gasteiger charge is -2.11. The number of ether oxygens (including phenoxy) is 2. The fraction of sp³-hybridized carbons (Fsp3) is 0.111. The first kappa shape index (κ1) is 18.8. The maximum atomic E-state index is 11.7. The van der Waals surface area contributed by atoms with E-state index >= 15 is 0 Å². The average Bonchev–Trinajstić information content (AvgIpc) is 2.66. The first-order valence-electron chi connectivity index (χ1n) is 7.83. The highest BCUT2D eigenvalue weighted by Gasteiger charge is 2.06. The van der Waals surface area contributed by atoms with Gasteiger partial charge in [0.1, 0.15) is 12.8 Å². The Balaban J connectivity index is 1.79. The maximum absolute atomic E-state index is 11.7. The summed E-state index contributed by atoms with van der Waals surface area (Å²) in [6, 6.07) is 12.7. The van der Waals surface area contributed by atoms with Crippen LogP contribution in [-0.2, 0) is 6.61 Å². The lowest BCUT2D eigenvalue weighted by Crippen LogP contribution is -2.18. The Bertz CT molecular complexity index is 1070. The van der Waals surface area contributed by atoms with Crippen molar-refractivity contribution in [3.63, 3.8) is 0 Å². The molecule has 0 bridgehead atoms. The Labute approximate surface area is 164 Å². The molecule has 0 unspecified atom stereocenters. The minimum Gasteiger partial charge on any atom is -0.493 e. The van der Waals surface area contributed by atoms with Gasteiger partial charge in [-0.05, 0) is 53.7 Å². The van der Waals surface area contributed by atoms with Crippen molar-refractivity contribution in [2.24, 2.45) is 5.10 Å². The fourth-order valence-electron chi connectivity index (χ4n) is 2.25. The number of aromatic nitrogens is 3. The first-order chi connectivity index (χ1) is 13.1. The van der Waals surface area contributed by atoms with Crippen molar-refractivity contribution >= 4 is 30.0 Å². The predicted octanol–water partition coefficient (Wildman–Crippen LogP) is 3.42. The van der Waals surface area contributed by atoms with Gasteiger partial charge in [-0.1, -0.05) is 23.7 Å². The molecule has 0 saturated heterocycles. The molecule has 9 heteroatoms. The smallest absolute Gasteiger partial charge is 0.293 e. The number of rotatable bonds is 6. The number of halogens is 1. The maximum Gasteiger partial charge on any atom is 0.293 e. The highest BCUT2D eigenvalue weighted by Crippen LogP contribution is 2.28. The van der Waals surface area contributed by atoms with Crippen LogP contribution >= 0.6 is 23.8 Å². The van der Waals surface area contributed by atoms with Crippen LogP contribution in [0.4, 0.5) is 0 Å². The molecular weight excluding hydrogens is 388 g/mol. The van der Waals surface area contributed by atoms with Crippen molar-refractivity contribution in [1.29, 1.82) is 0 Å². The third kappa shape index (κ3) is 4.81. The summed E-state index contributed by atoms with van der Waals surface area (Å²) in [5.74, 6) is 1.11. The van der Waals surface area contributed by atoms with Gasteiger partial charge in [-0.25, -0.2) is 0 Å². The molecule has 7 nitrogen and oxygen atoms in total. The van der Waals surface area contributed by atoms with Crippen LogP contribution in [0.5, 0.6) is 11.5 Å². The number of benzene rings is 2. The molecule has 0 aliphatic rings. The van der Waals surface area contributed by atoms with E-state index in [1.807, 2.05) is 18.2 Å². The fourth-order valence-corrected chi connectivity index (χ4v) is 2.65. The van der Waals surface area contributed by atoms with Crippen molar-refractivity contribution in [2.45, 2.75) is 6.61 Å². The Morgan fingerprint density at radius 1 is 1.30 bits per heavy atom. The van der Waals surface area contributed by atoms with Crippen molar-refractivity contribution in [3.8, 4) is 11.5 Å². The van der Waals surface area contributed by atoms with E-state index in [0.29, 0.717) is 28.7 Å². The summed E-state index contributed by atoms with van der Waals surface area (Å²) in [6.45, 7) is 0.353. The van der Waals surface area contributed by atoms with Gasteiger partial charge in [0.25, 0.3) is 5.56 Å². The SMILES string of the molecule is COc1cc(/C=N\n2c(=O)cn[nH]c2=S)ccc1OCc1cccc(Cl)c1. The number of aromatic amines is 1. The second kappa shape index (κ2) is 8.61. The van der Waals surface area contributed by atoms with Crippen LogP contribution in [0.2, 0.25) is 5.02 Å². The van der Waals surface area contributed by atoms with Crippen molar-refractivity contribution in [2.75, 3.05) is 7.11 Å². The normalized spacial score (nSPS) is 10.9. The molecule has 1 aromatic heterocycles. The zero-order valence-electron chi connectivity index (χ0n) is 14.3. The van der Waals surface area contributed by atoms with Crippen LogP contribution in [0.1, 0.15) is 11.1 Å². The van der Waals surface area contributed by atoms with Gasteiger partial charge in [0.15, 0.2) is 11.5 Å². The van der Waals surface area contributed by atoms with Crippen LogP contribution in [0.3, 0.4) is 0 Å². The third-order valence-electron chi connectivity index (χ3n) is 3.53. The van der Waals surface area contributed by atoms with Gasteiger partial charge < -0.3 is 9.47 Å². The van der Waals surface area contributed by atoms with Gasteiger partial charge in [-0.3, -0.25) is 9.89 Å². The number of hydrogen-bond donors (Lipinski definition) is 1. The largest absolute Gasteiger partial charge is 0.493 e. The lowest BCUT2D eigenvalue weighted by molar-refractivity contribution is 0.284. The minimum absolute atomic E-state index is 0.104. The number of H-pyrrole nitrogens is 1. The minimum atomic E-state index is -0.427. The molecule has 0 fully saturated rings. The predicted molar refractivity (Wildman–Crippen MR) is 105 cm³/mol. The summed E-state index contributed by atoms with van der Waals surface area (Å²) in [5, 5.41) is 10.8. The molecule has 138 valence electrons. The van der Waals surface area contributed by atoms with Gasteiger partial charge in [0, 0.05) is 5.02 Å². The van der Waals surface area contributed by atoms with Crippen molar-refractivity contribution in [1.82, 2.24) is 14.9 Å². The summed E-state index contributed by atoms with van der Waals surface area (Å²) in [4.78, 5) is 11.7. The number of methoxy groups -OCH3 is 1. The van der Waals surface area contributed by atoms with E-state index in [0.717, 1.165) is 16.4 Å². The van der Waals surface area contributed by atoms with E-state index in [2.05, 4.69) is 15.3 Å². The summed E-state index contributed by atoms with van der Waals surface area (Å²) >= 11 is 11.0. The van der Waals surface area contributed by atoms with Crippen LogP contribution in [-0.4, -0.2) is 28.2 Å². The standard InChI is InChI=1S/C18H15ClN4O3S/c1-25-16-8-12(9-21-23-17(24)10-20-22-18(23)27)5-6-15(16)26-11-13-3-2-4-14(19)7-13/h2-10H,11H2,1H3,(H,22,27)/b21-9-. The molecule has 0 spiro atoms. The molecule has 27 heavy (non-hydrogen) atoms. The molecule has 0 aliphatic heterocycles. The zero-order valence-corrected chi connectivity index (χ0v) is 15.8. The Morgan fingerprint density at radius 3 is 2.89 bits per heavy atom. The van der Waals surface area contributed by atoms with E-state index in [4.69, 9.17) is 33.3 Å². The first-order valence-corrected chi connectivity index (χ1v) is 8.62. The van der Waals surface area contributed by atoms with E-state index in [9.17, 15) is 4.79 Å². The number of nitrogens with zero attached hydrogens (tertiary/aromatic N) is 3. The molecule has 0 amide bonds. The summed E-state index contributed by atoms with van der Waals surface area (Å²) in [6.07, 6.45) is 2.59. The van der Waals surface area contributed by atoms with Crippen LogP contribution in [0.25, 0.3) is 0 Å². The average molecular weight is 403 g/mol. The molecule has 0 aliphatic carbocycles. The summed E-state index contributed by atoms with van der Waals surface area (Å²) in [7, 11) is 1.55. The molecule has 1 heterocycles. The molecule has 3 aromatic rings. The molecule has 0 radical (unpaired) electrons. The molecule has 3 rings (SSSR count). The van der Waals surface area contributed by atoms with Gasteiger partial charge in [0.2, 0.25) is 4.77 Å². The van der Waals surface area contributed by atoms with Gasteiger partial charge in [-0.15, -0.1) is 0 Å². The zero-order chi connectivity index (χ0) is 19.2. The molecule has 2 aromatic carbocycles. The highest BCUT2D eigenvalue weighted by atomic mass is 35.5. The Hall–Kier alpha value is -2.97. The summed E-state index contributed by atoms with van der Waals surface area (Å²) < 4.78 is 12.3. The third-order valence-corrected chi connectivity index (χ3v) is 4.03. The van der Waals surface area contributed by atoms with E-state index < -0.39 is 5.56 Å². The highest BCUT2D eigenvalue weighted by molar-refractivity contribution is 7.71. The van der Waals surface area contributed by atoms with Crippen LogP contribution in [0.15, 0.2) is 58.6 Å². The van der Waals surface area contributed by atoms with Gasteiger partial charge >= 0.3 is 0 Å². The molecular formula is C18H15ClN4O3S. The number of nitrogens with one attached hydrogen (secondary N) is 1. The quantitative estimate of drug-likeness (QED) is 0.504. The monoisotopic (exact) mass is 402 g/mol. The molecule has 0 saturated carbocycles. The second-order valence-corrected chi connectivity index (χ2v) is 6.22. The Morgan fingerprint density at radius 2 is 2.15 bits per heavy atom. The molecule has 0 atom stereocenters. The molecule has 1 N–H and O–H groups in total. The summed E-state index contributed by atoms with van der Waals surface area (Å²) in [5.41, 5.74) is 1.23. The van der Waals surface area contributed by atoms with Crippen molar-refractivity contribution in [3.05, 3.63) is 79.9 Å². The second-order valence-electron chi connectivity index (χ2n) is 5.40.